The molecule has 1 unspecified atom stereocenters. The number of ketones is 1. The van der Waals surface area contributed by atoms with Gasteiger partial charge in [-0.2, -0.15) is 0 Å². The Morgan fingerprint density at radius 3 is 2.65 bits per heavy atom. The zero-order valence-corrected chi connectivity index (χ0v) is 12.6. The number of rotatable bonds is 7. The van der Waals surface area contributed by atoms with E-state index in [0.29, 0.717) is 12.2 Å². The van der Waals surface area contributed by atoms with E-state index in [1.807, 2.05) is 24.3 Å². The summed E-state index contributed by atoms with van der Waals surface area (Å²) in [5.74, 6) is 1.29. The van der Waals surface area contributed by atoms with Gasteiger partial charge in [-0.1, -0.05) is 25.5 Å². The first kappa shape index (κ1) is 15.0. The molecule has 110 valence electrons. The number of benzene rings is 1. The molecular weight excluding hydrogens is 250 g/mol. The van der Waals surface area contributed by atoms with Gasteiger partial charge in [-0.15, -0.1) is 0 Å². The Balaban J connectivity index is 1.93. The molecule has 0 spiro atoms. The molecule has 1 aliphatic rings. The Labute approximate surface area is 121 Å². The maximum atomic E-state index is 12.6. The zero-order valence-electron chi connectivity index (χ0n) is 12.6. The van der Waals surface area contributed by atoms with Gasteiger partial charge >= 0.3 is 0 Å². The third-order valence-corrected chi connectivity index (χ3v) is 4.36. The summed E-state index contributed by atoms with van der Waals surface area (Å²) in [5.41, 5.74) is 1.11. The van der Waals surface area contributed by atoms with Crippen LogP contribution in [0, 0.1) is 5.41 Å². The monoisotopic (exact) mass is 275 g/mol. The fraction of sp³-hybridized carbons (Fsp3) is 0.588. The summed E-state index contributed by atoms with van der Waals surface area (Å²) >= 11 is 0. The minimum Gasteiger partial charge on any atom is -0.497 e. The van der Waals surface area contributed by atoms with Crippen molar-refractivity contribution < 1.29 is 9.53 Å². The lowest BCUT2D eigenvalue weighted by atomic mass is 9.76. The number of hydrogen-bond donors (Lipinski definition) is 1. The van der Waals surface area contributed by atoms with E-state index in [4.69, 9.17) is 4.74 Å². The van der Waals surface area contributed by atoms with E-state index in [9.17, 15) is 4.79 Å². The summed E-state index contributed by atoms with van der Waals surface area (Å²) in [4.78, 5) is 12.6. The summed E-state index contributed by atoms with van der Waals surface area (Å²) in [6, 6.07) is 8.01. The van der Waals surface area contributed by atoms with Gasteiger partial charge < -0.3 is 10.1 Å². The number of ether oxygens (including phenoxy) is 1. The molecule has 0 bridgehead atoms. The maximum absolute atomic E-state index is 12.6. The smallest absolute Gasteiger partial charge is 0.140 e. The summed E-state index contributed by atoms with van der Waals surface area (Å²) < 4.78 is 5.15. The summed E-state index contributed by atoms with van der Waals surface area (Å²) in [5, 5.41) is 3.35. The molecule has 3 nitrogen and oxygen atoms in total. The molecule has 20 heavy (non-hydrogen) atoms. The molecule has 1 fully saturated rings. The Bertz CT molecular complexity index is 433. The summed E-state index contributed by atoms with van der Waals surface area (Å²) in [6.07, 6.45) is 4.57. The first-order valence-corrected chi connectivity index (χ1v) is 7.57. The van der Waals surface area contributed by atoms with E-state index in [-0.39, 0.29) is 5.41 Å². The fourth-order valence-corrected chi connectivity index (χ4v) is 3.13. The van der Waals surface area contributed by atoms with Crippen LogP contribution >= 0.6 is 0 Å². The van der Waals surface area contributed by atoms with E-state index in [1.165, 1.54) is 5.56 Å². The Morgan fingerprint density at radius 2 is 2.10 bits per heavy atom. The highest BCUT2D eigenvalue weighted by atomic mass is 16.5. The predicted molar refractivity (Wildman–Crippen MR) is 81.1 cm³/mol. The first-order chi connectivity index (χ1) is 9.70. The molecule has 1 saturated heterocycles. The molecular formula is C17H25NO2. The van der Waals surface area contributed by atoms with Crippen molar-refractivity contribution >= 4 is 5.78 Å². The van der Waals surface area contributed by atoms with Crippen LogP contribution in [0.4, 0.5) is 0 Å². The normalized spacial score (nSPS) is 21.9. The first-order valence-electron chi connectivity index (χ1n) is 7.57. The van der Waals surface area contributed by atoms with Gasteiger partial charge in [0.2, 0.25) is 0 Å². The predicted octanol–water partition coefficient (Wildman–Crippen LogP) is 2.98. The van der Waals surface area contributed by atoms with Crippen molar-refractivity contribution in [3.8, 4) is 5.75 Å². The van der Waals surface area contributed by atoms with Gasteiger partial charge in [-0.25, -0.2) is 0 Å². The lowest BCUT2D eigenvalue weighted by Crippen LogP contribution is -2.33. The molecule has 1 heterocycles. The molecule has 0 saturated carbocycles. The lowest BCUT2D eigenvalue weighted by molar-refractivity contribution is -0.128. The largest absolute Gasteiger partial charge is 0.497 e. The van der Waals surface area contributed by atoms with Crippen molar-refractivity contribution in [1.82, 2.24) is 5.32 Å². The lowest BCUT2D eigenvalue weighted by Gasteiger charge is -2.26. The van der Waals surface area contributed by atoms with E-state index in [1.54, 1.807) is 7.11 Å². The molecule has 0 radical (unpaired) electrons. The van der Waals surface area contributed by atoms with Crippen LogP contribution in [0.5, 0.6) is 5.75 Å². The number of Topliss-reactive ketones (excluding diaryl/α,β-unsaturated/α-hetero) is 1. The molecule has 1 aromatic rings. The van der Waals surface area contributed by atoms with E-state index in [0.717, 1.165) is 44.5 Å². The number of methoxy groups -OCH3 is 1. The molecule has 1 aliphatic heterocycles. The minimum atomic E-state index is -0.0960. The zero-order chi connectivity index (χ0) is 14.4. The molecule has 0 aromatic heterocycles. The molecule has 1 aromatic carbocycles. The number of aryl methyl sites for hydroxylation is 1. The van der Waals surface area contributed by atoms with Crippen molar-refractivity contribution in [1.29, 1.82) is 0 Å². The fourth-order valence-electron chi connectivity index (χ4n) is 3.13. The van der Waals surface area contributed by atoms with E-state index in [2.05, 4.69) is 12.2 Å². The van der Waals surface area contributed by atoms with Crippen LogP contribution in [0.25, 0.3) is 0 Å². The van der Waals surface area contributed by atoms with E-state index < -0.39 is 0 Å². The van der Waals surface area contributed by atoms with Crippen LogP contribution in [0.15, 0.2) is 24.3 Å². The van der Waals surface area contributed by atoms with Crippen molar-refractivity contribution in [2.45, 2.75) is 39.0 Å². The Morgan fingerprint density at radius 1 is 1.35 bits per heavy atom. The van der Waals surface area contributed by atoms with Crippen LogP contribution < -0.4 is 10.1 Å². The molecule has 0 aliphatic carbocycles. The van der Waals surface area contributed by atoms with Crippen LogP contribution in [0.1, 0.15) is 38.2 Å². The van der Waals surface area contributed by atoms with Crippen LogP contribution in [-0.4, -0.2) is 26.0 Å². The summed E-state index contributed by atoms with van der Waals surface area (Å²) in [6.45, 7) is 4.01. The van der Waals surface area contributed by atoms with Gasteiger partial charge in [0.1, 0.15) is 11.5 Å². The maximum Gasteiger partial charge on any atom is 0.140 e. The van der Waals surface area contributed by atoms with Gasteiger partial charge in [0, 0.05) is 18.4 Å². The van der Waals surface area contributed by atoms with Crippen molar-refractivity contribution in [2.24, 2.45) is 5.41 Å². The second-order valence-electron chi connectivity index (χ2n) is 5.73. The Kier molecular flexibility index (Phi) is 5.18. The third-order valence-electron chi connectivity index (χ3n) is 4.36. The topological polar surface area (TPSA) is 38.3 Å². The Hall–Kier alpha value is -1.35. The number of hydrogen-bond acceptors (Lipinski definition) is 3. The van der Waals surface area contributed by atoms with Gasteiger partial charge in [-0.3, -0.25) is 4.79 Å². The molecule has 1 N–H and O–H groups in total. The number of carbonyl (C=O) groups is 1. The molecule has 0 amide bonds. The van der Waals surface area contributed by atoms with Gasteiger partial charge in [-0.05, 0) is 43.5 Å². The average molecular weight is 275 g/mol. The molecule has 3 heteroatoms. The van der Waals surface area contributed by atoms with Crippen LogP contribution in [0.3, 0.4) is 0 Å². The molecule has 1 atom stereocenters. The number of nitrogens with one attached hydrogen (secondary N) is 1. The van der Waals surface area contributed by atoms with Gasteiger partial charge in [0.25, 0.3) is 0 Å². The standard InChI is InChI=1S/C17H25NO2/c1-3-10-17(11-12-18-13-17)16(19)9-6-14-4-7-15(20-2)8-5-14/h4-5,7-8,18H,3,6,9-13H2,1-2H3. The third kappa shape index (κ3) is 3.40. The highest BCUT2D eigenvalue weighted by Crippen LogP contribution is 2.33. The van der Waals surface area contributed by atoms with Gasteiger partial charge in [0.15, 0.2) is 0 Å². The summed E-state index contributed by atoms with van der Waals surface area (Å²) in [7, 11) is 1.67. The average Bonchev–Trinajstić information content (AvgIpc) is 2.95. The minimum absolute atomic E-state index is 0.0960. The second kappa shape index (κ2) is 6.89. The quantitative estimate of drug-likeness (QED) is 0.831. The van der Waals surface area contributed by atoms with Crippen LogP contribution in [0.2, 0.25) is 0 Å². The SMILES string of the molecule is CCCC1(C(=O)CCc2ccc(OC)cc2)CCNC1. The van der Waals surface area contributed by atoms with Crippen LogP contribution in [-0.2, 0) is 11.2 Å². The van der Waals surface area contributed by atoms with Crippen molar-refractivity contribution in [2.75, 3.05) is 20.2 Å². The molecule has 2 rings (SSSR count). The van der Waals surface area contributed by atoms with E-state index >= 15 is 0 Å². The highest BCUT2D eigenvalue weighted by molar-refractivity contribution is 5.85. The van der Waals surface area contributed by atoms with Gasteiger partial charge in [0.05, 0.1) is 7.11 Å². The van der Waals surface area contributed by atoms with Crippen molar-refractivity contribution in [3.05, 3.63) is 29.8 Å². The highest BCUT2D eigenvalue weighted by Gasteiger charge is 2.39. The number of carbonyl (C=O) groups excluding carboxylic acids is 1. The second-order valence-corrected chi connectivity index (χ2v) is 5.73. The van der Waals surface area contributed by atoms with Crippen molar-refractivity contribution in [3.63, 3.8) is 0 Å².